The Morgan fingerprint density at radius 3 is 2.71 bits per heavy atom. The van der Waals surface area contributed by atoms with E-state index >= 15 is 0 Å². The quantitative estimate of drug-likeness (QED) is 0.636. The number of hydrogen-bond donors (Lipinski definition) is 1. The molecule has 5 nitrogen and oxygen atoms in total. The van der Waals surface area contributed by atoms with E-state index in [2.05, 4.69) is 6.07 Å². The summed E-state index contributed by atoms with van der Waals surface area (Å²) in [6.07, 6.45) is 1.39. The Hall–Kier alpha value is -1.12. The fraction of sp³-hybridized carbons (Fsp3) is 0.833. The highest BCUT2D eigenvalue weighted by molar-refractivity contribution is 5.81. The minimum absolute atomic E-state index is 0.0781. The number of amides is 1. The van der Waals surface area contributed by atoms with Crippen LogP contribution >= 0.6 is 0 Å². The van der Waals surface area contributed by atoms with Crippen LogP contribution in [0, 0.1) is 17.2 Å². The van der Waals surface area contributed by atoms with Crippen molar-refractivity contribution in [3.63, 3.8) is 0 Å². The molecule has 0 aliphatic rings. The van der Waals surface area contributed by atoms with Gasteiger partial charge in [-0.25, -0.2) is 0 Å². The monoisotopic (exact) mass is 241 g/mol. The van der Waals surface area contributed by atoms with Gasteiger partial charge in [-0.15, -0.1) is 0 Å². The summed E-state index contributed by atoms with van der Waals surface area (Å²) in [5.41, 5.74) is 5.82. The first kappa shape index (κ1) is 15.9. The average molecular weight is 241 g/mol. The molecule has 0 saturated carbocycles. The number of likely N-dealkylation sites (N-methyl/N-ethyl adjacent to an activating group) is 1. The van der Waals surface area contributed by atoms with E-state index in [-0.39, 0.29) is 11.8 Å². The average Bonchev–Trinajstić information content (AvgIpc) is 2.34. The van der Waals surface area contributed by atoms with Crippen molar-refractivity contribution in [2.45, 2.75) is 32.7 Å². The van der Waals surface area contributed by atoms with Gasteiger partial charge in [-0.1, -0.05) is 0 Å². The number of methoxy groups -OCH3 is 1. The Bertz CT molecular complexity index is 263. The number of nitrogens with two attached hydrogens (primary N) is 1. The van der Waals surface area contributed by atoms with Gasteiger partial charge in [0.1, 0.15) is 0 Å². The molecule has 0 radical (unpaired) electrons. The molecule has 17 heavy (non-hydrogen) atoms. The molecule has 0 aliphatic carbocycles. The number of nitrogens with zero attached hydrogens (tertiary/aromatic N) is 2. The normalized spacial score (nSPS) is 13.8. The molecule has 0 bridgehead atoms. The smallest absolute Gasteiger partial charge is 0.239 e. The maximum atomic E-state index is 12.0. The third kappa shape index (κ3) is 6.25. The van der Waals surface area contributed by atoms with Gasteiger partial charge >= 0.3 is 0 Å². The number of nitriles is 1. The van der Waals surface area contributed by atoms with Crippen LogP contribution in [0.25, 0.3) is 0 Å². The number of ether oxygens (including phenoxy) is 1. The van der Waals surface area contributed by atoms with Gasteiger partial charge in [-0.3, -0.25) is 4.79 Å². The van der Waals surface area contributed by atoms with Gasteiger partial charge in [0, 0.05) is 26.8 Å². The number of rotatable bonds is 8. The maximum absolute atomic E-state index is 12.0. The fourth-order valence-electron chi connectivity index (χ4n) is 1.55. The van der Waals surface area contributed by atoms with Crippen molar-refractivity contribution in [1.82, 2.24) is 4.90 Å². The summed E-state index contributed by atoms with van der Waals surface area (Å²) in [5.74, 6) is -0.240. The van der Waals surface area contributed by atoms with Crippen LogP contribution in [-0.4, -0.2) is 43.7 Å². The van der Waals surface area contributed by atoms with E-state index in [0.29, 0.717) is 26.1 Å². The lowest BCUT2D eigenvalue weighted by atomic mass is 10.1. The van der Waals surface area contributed by atoms with Crippen molar-refractivity contribution in [3.8, 4) is 6.07 Å². The predicted octanol–water partition coefficient (Wildman–Crippen LogP) is 0.748. The molecule has 2 unspecified atom stereocenters. The highest BCUT2D eigenvalue weighted by Crippen LogP contribution is 2.04. The lowest BCUT2D eigenvalue weighted by Gasteiger charge is -2.25. The van der Waals surface area contributed by atoms with Crippen molar-refractivity contribution in [1.29, 1.82) is 5.26 Å². The van der Waals surface area contributed by atoms with Crippen LogP contribution in [0.5, 0.6) is 0 Å². The van der Waals surface area contributed by atoms with Crippen LogP contribution in [0.3, 0.4) is 0 Å². The molecule has 0 spiro atoms. The highest BCUT2D eigenvalue weighted by atomic mass is 16.5. The lowest BCUT2D eigenvalue weighted by Crippen LogP contribution is -2.45. The molecule has 0 fully saturated rings. The zero-order chi connectivity index (χ0) is 13.3. The molecule has 2 N–H and O–H groups in total. The molecule has 0 aliphatic heterocycles. The number of carbonyl (C=O) groups excluding carboxylic acids is 1. The third-order valence-electron chi connectivity index (χ3n) is 2.59. The van der Waals surface area contributed by atoms with E-state index in [1.54, 1.807) is 18.9 Å². The Morgan fingerprint density at radius 2 is 2.24 bits per heavy atom. The first-order chi connectivity index (χ1) is 8.06. The molecule has 0 rings (SSSR count). The molecule has 0 aromatic rings. The number of carbonyl (C=O) groups is 1. The molecule has 0 aromatic carbocycles. The minimum atomic E-state index is -0.490. The van der Waals surface area contributed by atoms with E-state index in [0.717, 1.165) is 6.42 Å². The Morgan fingerprint density at radius 1 is 1.59 bits per heavy atom. The van der Waals surface area contributed by atoms with Gasteiger partial charge in [-0.05, 0) is 26.7 Å². The van der Waals surface area contributed by atoms with Crippen molar-refractivity contribution in [3.05, 3.63) is 0 Å². The fourth-order valence-corrected chi connectivity index (χ4v) is 1.55. The summed E-state index contributed by atoms with van der Waals surface area (Å²) >= 11 is 0. The van der Waals surface area contributed by atoms with Gasteiger partial charge in [0.05, 0.1) is 18.0 Å². The Kier molecular flexibility index (Phi) is 8.38. The predicted molar refractivity (Wildman–Crippen MR) is 66.1 cm³/mol. The molecule has 0 aromatic heterocycles. The van der Waals surface area contributed by atoms with Crippen LogP contribution in [0.15, 0.2) is 0 Å². The van der Waals surface area contributed by atoms with E-state index in [1.807, 2.05) is 6.92 Å². The third-order valence-corrected chi connectivity index (χ3v) is 2.59. The van der Waals surface area contributed by atoms with Crippen LogP contribution in [0.4, 0.5) is 0 Å². The zero-order valence-corrected chi connectivity index (χ0v) is 11.0. The van der Waals surface area contributed by atoms with E-state index in [1.165, 1.54) is 0 Å². The van der Waals surface area contributed by atoms with Crippen molar-refractivity contribution in [2.24, 2.45) is 11.7 Å². The maximum Gasteiger partial charge on any atom is 0.239 e. The van der Waals surface area contributed by atoms with Crippen molar-refractivity contribution in [2.75, 3.05) is 26.8 Å². The molecule has 98 valence electrons. The molecule has 1 amide bonds. The topological polar surface area (TPSA) is 79.4 Å². The van der Waals surface area contributed by atoms with Crippen molar-refractivity contribution >= 4 is 5.91 Å². The molecule has 2 atom stereocenters. The van der Waals surface area contributed by atoms with Gasteiger partial charge < -0.3 is 15.4 Å². The van der Waals surface area contributed by atoms with Crippen LogP contribution < -0.4 is 5.73 Å². The Labute approximate surface area is 104 Å². The van der Waals surface area contributed by atoms with Gasteiger partial charge in [0.2, 0.25) is 5.91 Å². The second-order valence-corrected chi connectivity index (χ2v) is 4.15. The molecular weight excluding hydrogens is 218 g/mol. The molecule has 5 heteroatoms. The van der Waals surface area contributed by atoms with Gasteiger partial charge in [0.15, 0.2) is 0 Å². The van der Waals surface area contributed by atoms with Gasteiger partial charge in [0.25, 0.3) is 0 Å². The van der Waals surface area contributed by atoms with E-state index in [4.69, 9.17) is 15.7 Å². The second-order valence-electron chi connectivity index (χ2n) is 4.15. The summed E-state index contributed by atoms with van der Waals surface area (Å²) in [5, 5.41) is 8.74. The largest absolute Gasteiger partial charge is 0.385 e. The van der Waals surface area contributed by atoms with Crippen molar-refractivity contribution < 1.29 is 9.53 Å². The summed E-state index contributed by atoms with van der Waals surface area (Å²) in [4.78, 5) is 13.6. The first-order valence-corrected chi connectivity index (χ1v) is 5.99. The summed E-state index contributed by atoms with van der Waals surface area (Å²) in [6.45, 7) is 5.34. The minimum Gasteiger partial charge on any atom is -0.385 e. The van der Waals surface area contributed by atoms with Gasteiger partial charge in [-0.2, -0.15) is 5.26 Å². The zero-order valence-electron chi connectivity index (χ0n) is 11.0. The van der Waals surface area contributed by atoms with E-state index in [9.17, 15) is 4.79 Å². The Balaban J connectivity index is 4.18. The highest BCUT2D eigenvalue weighted by Gasteiger charge is 2.20. The lowest BCUT2D eigenvalue weighted by molar-refractivity contribution is -0.133. The van der Waals surface area contributed by atoms with Crippen LogP contribution in [0.1, 0.15) is 26.7 Å². The second kappa shape index (κ2) is 8.97. The summed E-state index contributed by atoms with van der Waals surface area (Å²) < 4.78 is 4.92. The van der Waals surface area contributed by atoms with E-state index < -0.39 is 6.04 Å². The first-order valence-electron chi connectivity index (χ1n) is 5.99. The summed E-state index contributed by atoms with van der Waals surface area (Å²) in [7, 11) is 1.63. The molecule has 0 saturated heterocycles. The number of hydrogen-bond acceptors (Lipinski definition) is 4. The summed E-state index contributed by atoms with van der Waals surface area (Å²) in [6, 6.07) is 1.63. The SMILES string of the molecule is CCN(CC(C)C#N)C(=O)C(N)CCCOC. The van der Waals surface area contributed by atoms with Crippen LogP contribution in [-0.2, 0) is 9.53 Å². The standard InChI is InChI=1S/C12H23N3O2/c1-4-15(9-10(2)8-13)12(16)11(14)6-5-7-17-3/h10-11H,4-7,9,14H2,1-3H3. The molecule has 0 heterocycles. The molecular formula is C12H23N3O2. The van der Waals surface area contributed by atoms with Crippen LogP contribution in [0.2, 0.25) is 0 Å².